The summed E-state index contributed by atoms with van der Waals surface area (Å²) in [6.45, 7) is 3.38. The van der Waals surface area contributed by atoms with Crippen molar-refractivity contribution < 1.29 is 9.90 Å². The predicted molar refractivity (Wildman–Crippen MR) is 100 cm³/mol. The van der Waals surface area contributed by atoms with Gasteiger partial charge in [0.25, 0.3) is 5.91 Å². The van der Waals surface area contributed by atoms with Crippen LogP contribution in [-0.2, 0) is 12.8 Å². The van der Waals surface area contributed by atoms with Crippen LogP contribution in [0.3, 0.4) is 0 Å². The number of aromatic nitrogens is 2. The topological polar surface area (TPSA) is 69.2 Å². The molecule has 1 aromatic heterocycles. The number of hydrogen-bond donors (Lipinski definition) is 2. The number of aryl methyl sites for hydroxylation is 1. The smallest absolute Gasteiger partial charge is 0.253 e. The zero-order chi connectivity index (χ0) is 18.1. The zero-order valence-corrected chi connectivity index (χ0v) is 14.7. The van der Waals surface area contributed by atoms with Crippen LogP contribution in [0.15, 0.2) is 48.5 Å². The average molecular weight is 347 g/mol. The minimum atomic E-state index is -0.00000171. The SMILES string of the molecule is Cc1ccc(-c2n[nH]c3c2CCN(C(=O)c2ccc(O)cc2)CC3)cc1. The van der Waals surface area contributed by atoms with E-state index < -0.39 is 0 Å². The first-order valence-corrected chi connectivity index (χ1v) is 8.83. The van der Waals surface area contributed by atoms with Gasteiger partial charge in [-0.05, 0) is 37.6 Å². The van der Waals surface area contributed by atoms with E-state index in [0.29, 0.717) is 18.7 Å². The van der Waals surface area contributed by atoms with Gasteiger partial charge in [0, 0.05) is 41.9 Å². The molecule has 0 saturated heterocycles. The molecule has 0 unspecified atom stereocenters. The van der Waals surface area contributed by atoms with E-state index in [-0.39, 0.29) is 11.7 Å². The molecule has 1 amide bonds. The number of fused-ring (bicyclic) bond motifs is 1. The van der Waals surface area contributed by atoms with Crippen molar-refractivity contribution in [3.05, 3.63) is 70.9 Å². The number of phenolic OH excluding ortho intramolecular Hbond substituents is 1. The summed E-state index contributed by atoms with van der Waals surface area (Å²) in [7, 11) is 0. The quantitative estimate of drug-likeness (QED) is 0.747. The highest BCUT2D eigenvalue weighted by Gasteiger charge is 2.23. The van der Waals surface area contributed by atoms with E-state index in [0.717, 1.165) is 29.8 Å². The number of benzene rings is 2. The number of nitrogens with one attached hydrogen (secondary N) is 1. The van der Waals surface area contributed by atoms with Crippen molar-refractivity contribution in [3.63, 3.8) is 0 Å². The number of carbonyl (C=O) groups excluding carboxylic acids is 1. The van der Waals surface area contributed by atoms with Gasteiger partial charge in [0.15, 0.2) is 0 Å². The Bertz CT molecular complexity index is 927. The van der Waals surface area contributed by atoms with E-state index >= 15 is 0 Å². The number of nitrogens with zero attached hydrogens (tertiary/aromatic N) is 2. The minimum Gasteiger partial charge on any atom is -0.508 e. The van der Waals surface area contributed by atoms with Crippen LogP contribution in [0, 0.1) is 6.92 Å². The molecule has 2 aromatic carbocycles. The van der Waals surface area contributed by atoms with Crippen LogP contribution in [0.1, 0.15) is 27.2 Å². The van der Waals surface area contributed by atoms with Crippen molar-refractivity contribution >= 4 is 5.91 Å². The lowest BCUT2D eigenvalue weighted by Gasteiger charge is -2.20. The van der Waals surface area contributed by atoms with Crippen molar-refractivity contribution in [2.75, 3.05) is 13.1 Å². The summed E-state index contributed by atoms with van der Waals surface area (Å²) in [5.74, 6) is 0.168. The summed E-state index contributed by atoms with van der Waals surface area (Å²) in [5.41, 5.74) is 6.23. The highest BCUT2D eigenvalue weighted by molar-refractivity contribution is 5.94. The molecule has 1 aliphatic rings. The molecular formula is C21H21N3O2. The first-order chi connectivity index (χ1) is 12.6. The fraction of sp³-hybridized carbons (Fsp3) is 0.238. The van der Waals surface area contributed by atoms with E-state index in [1.807, 2.05) is 4.90 Å². The van der Waals surface area contributed by atoms with E-state index in [9.17, 15) is 9.90 Å². The Morgan fingerprint density at radius 2 is 1.73 bits per heavy atom. The number of aromatic amines is 1. The second-order valence-electron chi connectivity index (χ2n) is 6.73. The molecule has 4 rings (SSSR count). The number of H-pyrrole nitrogens is 1. The van der Waals surface area contributed by atoms with Crippen LogP contribution >= 0.6 is 0 Å². The second-order valence-corrected chi connectivity index (χ2v) is 6.73. The molecular weight excluding hydrogens is 326 g/mol. The molecule has 132 valence electrons. The maximum absolute atomic E-state index is 12.7. The fourth-order valence-electron chi connectivity index (χ4n) is 3.42. The van der Waals surface area contributed by atoms with Crippen molar-refractivity contribution in [2.24, 2.45) is 0 Å². The van der Waals surface area contributed by atoms with Gasteiger partial charge in [-0.3, -0.25) is 9.89 Å². The lowest BCUT2D eigenvalue weighted by Crippen LogP contribution is -2.33. The Morgan fingerprint density at radius 1 is 1.04 bits per heavy atom. The highest BCUT2D eigenvalue weighted by atomic mass is 16.3. The Kier molecular flexibility index (Phi) is 4.21. The average Bonchev–Trinajstić information content (AvgIpc) is 2.94. The summed E-state index contributed by atoms with van der Waals surface area (Å²) in [5, 5.41) is 17.1. The van der Waals surface area contributed by atoms with E-state index in [1.54, 1.807) is 24.3 Å². The molecule has 2 heterocycles. The van der Waals surface area contributed by atoms with Gasteiger partial charge < -0.3 is 10.0 Å². The van der Waals surface area contributed by atoms with E-state index in [1.165, 1.54) is 11.1 Å². The fourth-order valence-corrected chi connectivity index (χ4v) is 3.42. The van der Waals surface area contributed by atoms with Gasteiger partial charge >= 0.3 is 0 Å². The standard InChI is InChI=1S/C21H21N3O2/c1-14-2-4-15(5-3-14)20-18-10-12-24(13-11-19(18)22-23-20)21(26)16-6-8-17(25)9-7-16/h2-9,25H,10-13H2,1H3,(H,22,23). The molecule has 0 spiro atoms. The van der Waals surface area contributed by atoms with Gasteiger partial charge in [-0.2, -0.15) is 5.10 Å². The number of phenols is 1. The van der Waals surface area contributed by atoms with Crippen molar-refractivity contribution in [2.45, 2.75) is 19.8 Å². The molecule has 0 atom stereocenters. The van der Waals surface area contributed by atoms with Crippen LogP contribution in [0.4, 0.5) is 0 Å². The first kappa shape index (κ1) is 16.4. The van der Waals surface area contributed by atoms with E-state index in [2.05, 4.69) is 41.4 Å². The Labute approximate surface area is 152 Å². The van der Waals surface area contributed by atoms with Gasteiger partial charge in [-0.15, -0.1) is 0 Å². The summed E-state index contributed by atoms with van der Waals surface area (Å²) in [6, 6.07) is 14.8. The summed E-state index contributed by atoms with van der Waals surface area (Å²) in [4.78, 5) is 14.6. The number of amides is 1. The molecule has 0 bridgehead atoms. The molecule has 0 saturated carbocycles. The third kappa shape index (κ3) is 3.08. The third-order valence-electron chi connectivity index (χ3n) is 4.94. The third-order valence-corrected chi connectivity index (χ3v) is 4.94. The lowest BCUT2D eigenvalue weighted by molar-refractivity contribution is 0.0763. The molecule has 0 aliphatic carbocycles. The molecule has 0 fully saturated rings. The maximum Gasteiger partial charge on any atom is 0.253 e. The minimum absolute atomic E-state index is 0.00000171. The Hall–Kier alpha value is -3.08. The molecule has 5 nitrogen and oxygen atoms in total. The maximum atomic E-state index is 12.7. The molecule has 0 radical (unpaired) electrons. The number of rotatable bonds is 2. The Balaban J connectivity index is 1.55. The van der Waals surface area contributed by atoms with Crippen LogP contribution < -0.4 is 0 Å². The summed E-state index contributed by atoms with van der Waals surface area (Å²) >= 11 is 0. The van der Waals surface area contributed by atoms with Crippen LogP contribution in [0.5, 0.6) is 5.75 Å². The normalized spacial score (nSPS) is 14.0. The van der Waals surface area contributed by atoms with Gasteiger partial charge in [0.05, 0.1) is 5.69 Å². The van der Waals surface area contributed by atoms with Crippen molar-refractivity contribution in [1.82, 2.24) is 15.1 Å². The Morgan fingerprint density at radius 3 is 2.46 bits per heavy atom. The van der Waals surface area contributed by atoms with Gasteiger partial charge in [-0.1, -0.05) is 29.8 Å². The van der Waals surface area contributed by atoms with Gasteiger partial charge in [0.1, 0.15) is 5.75 Å². The van der Waals surface area contributed by atoms with E-state index in [4.69, 9.17) is 0 Å². The number of hydrogen-bond acceptors (Lipinski definition) is 3. The largest absolute Gasteiger partial charge is 0.508 e. The lowest BCUT2D eigenvalue weighted by atomic mass is 10.0. The van der Waals surface area contributed by atoms with Crippen molar-refractivity contribution in [1.29, 1.82) is 0 Å². The van der Waals surface area contributed by atoms with Gasteiger partial charge in [0.2, 0.25) is 0 Å². The van der Waals surface area contributed by atoms with Crippen LogP contribution in [-0.4, -0.2) is 39.2 Å². The van der Waals surface area contributed by atoms with Crippen LogP contribution in [0.25, 0.3) is 11.3 Å². The first-order valence-electron chi connectivity index (χ1n) is 8.83. The molecule has 1 aliphatic heterocycles. The van der Waals surface area contributed by atoms with Crippen LogP contribution in [0.2, 0.25) is 0 Å². The molecule has 3 aromatic rings. The summed E-state index contributed by atoms with van der Waals surface area (Å²) < 4.78 is 0. The predicted octanol–water partition coefficient (Wildman–Crippen LogP) is 3.33. The number of carbonyl (C=O) groups is 1. The monoisotopic (exact) mass is 347 g/mol. The molecule has 2 N–H and O–H groups in total. The summed E-state index contributed by atoms with van der Waals surface area (Å²) in [6.07, 6.45) is 1.54. The second kappa shape index (κ2) is 6.67. The van der Waals surface area contributed by atoms with Crippen molar-refractivity contribution in [3.8, 4) is 17.0 Å². The van der Waals surface area contributed by atoms with Gasteiger partial charge in [-0.25, -0.2) is 0 Å². The molecule has 5 heteroatoms. The highest BCUT2D eigenvalue weighted by Crippen LogP contribution is 2.27. The molecule has 26 heavy (non-hydrogen) atoms. The zero-order valence-electron chi connectivity index (χ0n) is 14.7. The number of aromatic hydroxyl groups is 1.